The number of benzene rings is 2. The van der Waals surface area contributed by atoms with Crippen molar-refractivity contribution in [1.82, 2.24) is 9.97 Å². The van der Waals surface area contributed by atoms with Gasteiger partial charge in [-0.2, -0.15) is 4.98 Å². The van der Waals surface area contributed by atoms with Gasteiger partial charge in [-0.05, 0) is 35.4 Å². The van der Waals surface area contributed by atoms with Crippen molar-refractivity contribution in [2.24, 2.45) is 0 Å². The summed E-state index contributed by atoms with van der Waals surface area (Å²) in [6.07, 6.45) is 0. The molecule has 0 radical (unpaired) electrons. The number of nitrogens with zero attached hydrogens (tertiary/aromatic N) is 3. The van der Waals surface area contributed by atoms with Gasteiger partial charge in [-0.15, -0.1) is 0 Å². The molecule has 31 heavy (non-hydrogen) atoms. The van der Waals surface area contributed by atoms with Crippen molar-refractivity contribution in [1.29, 1.82) is 0 Å². The lowest BCUT2D eigenvalue weighted by molar-refractivity contribution is 0.0593. The van der Waals surface area contributed by atoms with E-state index in [-0.39, 0.29) is 11.6 Å². The second-order valence-corrected chi connectivity index (χ2v) is 6.64. The molecule has 1 aromatic heterocycles. The lowest BCUT2D eigenvalue weighted by Gasteiger charge is -2.24. The number of methoxy groups -OCH3 is 4. The predicted octanol–water partition coefficient (Wildman–Crippen LogP) is 3.50. The second-order valence-electron chi connectivity index (χ2n) is 6.64. The van der Waals surface area contributed by atoms with Crippen LogP contribution in [0.15, 0.2) is 54.6 Å². The zero-order valence-electron chi connectivity index (χ0n) is 18.0. The molecule has 0 aliphatic rings. The standard InChI is InChI=1S/C23H25N3O5/c1-28-18-9-5-16(6-10-18)14-26(15-17-7-11-19(29-2)12-8-17)23-24-20(22(27)31-4)13-21(25-23)30-3/h5-13H,14-15H2,1-4H3. The number of aromatic nitrogens is 2. The van der Waals surface area contributed by atoms with Crippen molar-refractivity contribution in [2.45, 2.75) is 13.1 Å². The van der Waals surface area contributed by atoms with Gasteiger partial charge >= 0.3 is 5.97 Å². The van der Waals surface area contributed by atoms with Gasteiger partial charge in [0.05, 0.1) is 28.4 Å². The van der Waals surface area contributed by atoms with Gasteiger partial charge in [-0.25, -0.2) is 9.78 Å². The maximum Gasteiger partial charge on any atom is 0.357 e. The highest BCUT2D eigenvalue weighted by molar-refractivity contribution is 5.87. The molecule has 0 atom stereocenters. The Bertz CT molecular complexity index is 957. The number of rotatable bonds is 9. The van der Waals surface area contributed by atoms with Gasteiger partial charge in [0.2, 0.25) is 11.8 Å². The van der Waals surface area contributed by atoms with E-state index in [1.165, 1.54) is 20.3 Å². The number of esters is 1. The van der Waals surface area contributed by atoms with E-state index in [9.17, 15) is 4.79 Å². The molecule has 1 heterocycles. The van der Waals surface area contributed by atoms with Crippen LogP contribution in [0.25, 0.3) is 0 Å². The van der Waals surface area contributed by atoms with Gasteiger partial charge in [-0.3, -0.25) is 0 Å². The van der Waals surface area contributed by atoms with Crippen LogP contribution in [-0.4, -0.2) is 44.4 Å². The molecule has 0 aliphatic carbocycles. The predicted molar refractivity (Wildman–Crippen MR) is 116 cm³/mol. The van der Waals surface area contributed by atoms with Crippen molar-refractivity contribution < 1.29 is 23.7 Å². The fourth-order valence-corrected chi connectivity index (χ4v) is 2.97. The van der Waals surface area contributed by atoms with Crippen LogP contribution < -0.4 is 19.1 Å². The van der Waals surface area contributed by atoms with Crippen LogP contribution in [0.5, 0.6) is 17.4 Å². The molecule has 3 aromatic rings. The molecule has 0 aliphatic heterocycles. The Morgan fingerprint density at radius 1 is 0.774 bits per heavy atom. The average Bonchev–Trinajstić information content (AvgIpc) is 2.83. The minimum atomic E-state index is -0.559. The molecule has 0 N–H and O–H groups in total. The Morgan fingerprint density at radius 3 is 1.71 bits per heavy atom. The normalized spacial score (nSPS) is 10.3. The molecule has 0 spiro atoms. The molecule has 0 fully saturated rings. The summed E-state index contributed by atoms with van der Waals surface area (Å²) in [4.78, 5) is 22.9. The summed E-state index contributed by atoms with van der Waals surface area (Å²) in [5.74, 6) is 1.62. The number of ether oxygens (including phenoxy) is 4. The molecule has 0 saturated carbocycles. The second kappa shape index (κ2) is 10.3. The van der Waals surface area contributed by atoms with Crippen molar-refractivity contribution in [3.63, 3.8) is 0 Å². The van der Waals surface area contributed by atoms with Gasteiger partial charge in [0, 0.05) is 19.2 Å². The fourth-order valence-electron chi connectivity index (χ4n) is 2.97. The SMILES string of the molecule is COC(=O)c1cc(OC)nc(N(Cc2ccc(OC)cc2)Cc2ccc(OC)cc2)n1. The fraction of sp³-hybridized carbons (Fsp3) is 0.261. The van der Waals surface area contributed by atoms with Crippen molar-refractivity contribution in [3.05, 3.63) is 71.4 Å². The summed E-state index contributed by atoms with van der Waals surface area (Å²) >= 11 is 0. The van der Waals surface area contributed by atoms with E-state index in [1.807, 2.05) is 53.4 Å². The van der Waals surface area contributed by atoms with Crippen LogP contribution in [0, 0.1) is 0 Å². The summed E-state index contributed by atoms with van der Waals surface area (Å²) in [7, 11) is 6.06. The molecule has 8 nitrogen and oxygen atoms in total. The first-order chi connectivity index (χ1) is 15.1. The van der Waals surface area contributed by atoms with Crippen LogP contribution in [0.1, 0.15) is 21.6 Å². The smallest absolute Gasteiger partial charge is 0.357 e. The van der Waals surface area contributed by atoms with Crippen molar-refractivity contribution in [3.8, 4) is 17.4 Å². The highest BCUT2D eigenvalue weighted by Crippen LogP contribution is 2.22. The molecule has 0 saturated heterocycles. The topological polar surface area (TPSA) is 83.0 Å². The van der Waals surface area contributed by atoms with Crippen LogP contribution in [0.4, 0.5) is 5.95 Å². The third-order valence-electron chi connectivity index (χ3n) is 4.64. The molecule has 0 unspecified atom stereocenters. The third kappa shape index (κ3) is 5.63. The van der Waals surface area contributed by atoms with E-state index >= 15 is 0 Å². The minimum Gasteiger partial charge on any atom is -0.497 e. The molecule has 0 amide bonds. The highest BCUT2D eigenvalue weighted by atomic mass is 16.5. The quantitative estimate of drug-likeness (QED) is 0.484. The number of carbonyl (C=O) groups is 1. The van der Waals surface area contributed by atoms with E-state index in [4.69, 9.17) is 18.9 Å². The molecule has 3 rings (SSSR count). The zero-order chi connectivity index (χ0) is 22.2. The number of carbonyl (C=O) groups excluding carboxylic acids is 1. The molecule has 2 aromatic carbocycles. The molecular weight excluding hydrogens is 398 g/mol. The molecule has 162 valence electrons. The Morgan fingerprint density at radius 2 is 1.29 bits per heavy atom. The van der Waals surface area contributed by atoms with Gasteiger partial charge in [-0.1, -0.05) is 24.3 Å². The first kappa shape index (κ1) is 21.9. The van der Waals surface area contributed by atoms with Crippen molar-refractivity contribution in [2.75, 3.05) is 33.3 Å². The summed E-state index contributed by atoms with van der Waals surface area (Å²) in [6, 6.07) is 16.9. The monoisotopic (exact) mass is 423 g/mol. The molecule has 8 heteroatoms. The van der Waals surface area contributed by atoms with Crippen LogP contribution in [0.2, 0.25) is 0 Å². The highest BCUT2D eigenvalue weighted by Gasteiger charge is 2.18. The van der Waals surface area contributed by atoms with E-state index in [2.05, 4.69) is 9.97 Å². The van der Waals surface area contributed by atoms with E-state index in [0.717, 1.165) is 22.6 Å². The lowest BCUT2D eigenvalue weighted by atomic mass is 10.1. The maximum absolute atomic E-state index is 12.1. The Balaban J connectivity index is 1.97. The Labute approximate surface area is 181 Å². The van der Waals surface area contributed by atoms with Crippen molar-refractivity contribution >= 4 is 11.9 Å². The van der Waals surface area contributed by atoms with Gasteiger partial charge in [0.25, 0.3) is 0 Å². The van der Waals surface area contributed by atoms with Gasteiger partial charge < -0.3 is 23.8 Å². The Kier molecular flexibility index (Phi) is 7.26. The molecular formula is C23H25N3O5. The largest absolute Gasteiger partial charge is 0.497 e. The summed E-state index contributed by atoms with van der Waals surface area (Å²) in [6.45, 7) is 1.01. The first-order valence-corrected chi connectivity index (χ1v) is 9.58. The number of anilines is 1. The minimum absolute atomic E-state index is 0.124. The summed E-state index contributed by atoms with van der Waals surface area (Å²) < 4.78 is 20.6. The average molecular weight is 423 g/mol. The lowest BCUT2D eigenvalue weighted by Crippen LogP contribution is -2.25. The van der Waals surface area contributed by atoms with Crippen LogP contribution in [-0.2, 0) is 17.8 Å². The number of hydrogen-bond acceptors (Lipinski definition) is 8. The first-order valence-electron chi connectivity index (χ1n) is 9.58. The van der Waals surface area contributed by atoms with Crippen LogP contribution >= 0.6 is 0 Å². The van der Waals surface area contributed by atoms with Crippen LogP contribution in [0.3, 0.4) is 0 Å². The van der Waals surface area contributed by atoms with E-state index < -0.39 is 5.97 Å². The maximum atomic E-state index is 12.1. The summed E-state index contributed by atoms with van der Waals surface area (Å²) in [5.41, 5.74) is 2.18. The van der Waals surface area contributed by atoms with E-state index in [0.29, 0.717) is 19.0 Å². The Hall–Kier alpha value is -3.81. The zero-order valence-corrected chi connectivity index (χ0v) is 18.0. The molecule has 0 bridgehead atoms. The summed E-state index contributed by atoms with van der Waals surface area (Å²) in [5, 5.41) is 0. The van der Waals surface area contributed by atoms with E-state index in [1.54, 1.807) is 14.2 Å². The third-order valence-corrected chi connectivity index (χ3v) is 4.64. The number of hydrogen-bond donors (Lipinski definition) is 0. The van der Waals surface area contributed by atoms with Gasteiger partial charge in [0.15, 0.2) is 5.69 Å². The van der Waals surface area contributed by atoms with Gasteiger partial charge in [0.1, 0.15) is 11.5 Å².